The number of aryl methyl sites for hydroxylation is 3. The van der Waals surface area contributed by atoms with Crippen molar-refractivity contribution in [2.75, 3.05) is 26.4 Å². The number of nitrogens with one attached hydrogen (secondary N) is 1. The molecule has 0 saturated carbocycles. The van der Waals surface area contributed by atoms with Crippen molar-refractivity contribution < 1.29 is 9.47 Å². The summed E-state index contributed by atoms with van der Waals surface area (Å²) >= 11 is 0. The Kier molecular flexibility index (Phi) is 7.94. The van der Waals surface area contributed by atoms with E-state index in [9.17, 15) is 0 Å². The third kappa shape index (κ3) is 5.77. The molecule has 1 aromatic carbocycles. The van der Waals surface area contributed by atoms with E-state index in [2.05, 4.69) is 52.1 Å². The van der Waals surface area contributed by atoms with E-state index in [1.54, 1.807) is 0 Å². The standard InChI is InChI=1S/C18H31NO2/c1-7-19-17(12-21-16(6)11-20-8-2)18-14(4)9-13(3)10-15(18)5/h9-10,16-17,19H,7-8,11-12H2,1-6H3. The molecule has 0 saturated heterocycles. The number of hydrogen-bond donors (Lipinski definition) is 1. The molecule has 21 heavy (non-hydrogen) atoms. The lowest BCUT2D eigenvalue weighted by Crippen LogP contribution is -2.29. The fraction of sp³-hybridized carbons (Fsp3) is 0.667. The van der Waals surface area contributed by atoms with Crippen LogP contribution in [0.5, 0.6) is 0 Å². The molecule has 3 nitrogen and oxygen atoms in total. The van der Waals surface area contributed by atoms with Crippen LogP contribution in [0.15, 0.2) is 12.1 Å². The highest BCUT2D eigenvalue weighted by atomic mass is 16.5. The molecule has 0 aliphatic carbocycles. The minimum atomic E-state index is 0.122. The van der Waals surface area contributed by atoms with Crippen LogP contribution in [0.4, 0.5) is 0 Å². The summed E-state index contributed by atoms with van der Waals surface area (Å²) in [5, 5.41) is 3.55. The second-order valence-corrected chi connectivity index (χ2v) is 5.73. The van der Waals surface area contributed by atoms with E-state index in [1.807, 2.05) is 6.92 Å². The molecule has 0 aliphatic heterocycles. The van der Waals surface area contributed by atoms with E-state index in [0.717, 1.165) is 13.2 Å². The Bertz CT molecular complexity index is 408. The van der Waals surface area contributed by atoms with Crippen molar-refractivity contribution in [1.29, 1.82) is 0 Å². The fourth-order valence-electron chi connectivity index (χ4n) is 2.82. The molecule has 0 radical (unpaired) electrons. The number of benzene rings is 1. The Morgan fingerprint density at radius 3 is 2.19 bits per heavy atom. The van der Waals surface area contributed by atoms with Gasteiger partial charge >= 0.3 is 0 Å². The maximum Gasteiger partial charge on any atom is 0.0781 e. The molecule has 1 N–H and O–H groups in total. The maximum absolute atomic E-state index is 5.97. The Hall–Kier alpha value is -0.900. The SMILES string of the molecule is CCNC(COC(C)COCC)c1c(C)cc(C)cc1C. The quantitative estimate of drug-likeness (QED) is 0.753. The van der Waals surface area contributed by atoms with E-state index in [-0.39, 0.29) is 12.1 Å². The first-order valence-corrected chi connectivity index (χ1v) is 8.00. The van der Waals surface area contributed by atoms with Gasteiger partial charge in [-0.25, -0.2) is 0 Å². The molecule has 1 rings (SSSR count). The van der Waals surface area contributed by atoms with Crippen molar-refractivity contribution in [3.8, 4) is 0 Å². The van der Waals surface area contributed by atoms with Crippen molar-refractivity contribution in [3.05, 3.63) is 34.4 Å². The zero-order valence-corrected chi connectivity index (χ0v) is 14.5. The van der Waals surface area contributed by atoms with Gasteiger partial charge in [-0.2, -0.15) is 0 Å². The minimum Gasteiger partial charge on any atom is -0.379 e. The first-order valence-electron chi connectivity index (χ1n) is 8.00. The topological polar surface area (TPSA) is 30.5 Å². The predicted molar refractivity (Wildman–Crippen MR) is 89.0 cm³/mol. The smallest absolute Gasteiger partial charge is 0.0781 e. The molecule has 0 amide bonds. The average molecular weight is 293 g/mol. The first kappa shape index (κ1) is 18.1. The third-order valence-electron chi connectivity index (χ3n) is 3.64. The Balaban J connectivity index is 2.78. The van der Waals surface area contributed by atoms with Crippen LogP contribution in [0.3, 0.4) is 0 Å². The van der Waals surface area contributed by atoms with E-state index in [4.69, 9.17) is 9.47 Å². The van der Waals surface area contributed by atoms with Gasteiger partial charge in [-0.15, -0.1) is 0 Å². The van der Waals surface area contributed by atoms with Crippen molar-refractivity contribution in [2.24, 2.45) is 0 Å². The van der Waals surface area contributed by atoms with Gasteiger partial charge in [0.25, 0.3) is 0 Å². The highest BCUT2D eigenvalue weighted by molar-refractivity contribution is 5.39. The van der Waals surface area contributed by atoms with Crippen LogP contribution < -0.4 is 5.32 Å². The average Bonchev–Trinajstić information content (AvgIpc) is 2.41. The molecular formula is C18H31NO2. The lowest BCUT2D eigenvalue weighted by atomic mass is 9.94. The second-order valence-electron chi connectivity index (χ2n) is 5.73. The van der Waals surface area contributed by atoms with E-state index < -0.39 is 0 Å². The Morgan fingerprint density at radius 2 is 1.67 bits per heavy atom. The fourth-order valence-corrected chi connectivity index (χ4v) is 2.82. The maximum atomic E-state index is 5.97. The molecule has 0 aromatic heterocycles. The number of likely N-dealkylation sites (N-methyl/N-ethyl adjacent to an activating group) is 1. The molecule has 120 valence electrons. The summed E-state index contributed by atoms with van der Waals surface area (Å²) < 4.78 is 11.4. The van der Waals surface area contributed by atoms with Crippen LogP contribution in [0, 0.1) is 20.8 Å². The molecule has 0 bridgehead atoms. The molecule has 2 unspecified atom stereocenters. The zero-order chi connectivity index (χ0) is 15.8. The second kappa shape index (κ2) is 9.19. The number of hydrogen-bond acceptors (Lipinski definition) is 3. The normalized spacial score (nSPS) is 14.2. The Morgan fingerprint density at radius 1 is 1.05 bits per heavy atom. The lowest BCUT2D eigenvalue weighted by molar-refractivity contribution is -0.0116. The number of ether oxygens (including phenoxy) is 2. The van der Waals surface area contributed by atoms with Gasteiger partial charge in [-0.05, 0) is 57.9 Å². The molecule has 0 fully saturated rings. The molecule has 3 heteroatoms. The van der Waals surface area contributed by atoms with Crippen molar-refractivity contribution >= 4 is 0 Å². The Labute approximate surface area is 130 Å². The van der Waals surface area contributed by atoms with Gasteiger partial charge in [0.1, 0.15) is 0 Å². The van der Waals surface area contributed by atoms with E-state index in [1.165, 1.54) is 22.3 Å². The molecule has 2 atom stereocenters. The van der Waals surface area contributed by atoms with Gasteiger partial charge in [-0.3, -0.25) is 0 Å². The summed E-state index contributed by atoms with van der Waals surface area (Å²) in [5.41, 5.74) is 5.35. The van der Waals surface area contributed by atoms with Crippen molar-refractivity contribution in [2.45, 2.75) is 53.7 Å². The summed E-state index contributed by atoms with van der Waals surface area (Å²) in [6.45, 7) is 15.7. The molecule has 0 heterocycles. The van der Waals surface area contributed by atoms with E-state index >= 15 is 0 Å². The predicted octanol–water partition coefficient (Wildman–Crippen LogP) is 3.70. The van der Waals surface area contributed by atoms with Crippen LogP contribution in [-0.4, -0.2) is 32.5 Å². The third-order valence-corrected chi connectivity index (χ3v) is 3.64. The van der Waals surface area contributed by atoms with Crippen molar-refractivity contribution in [1.82, 2.24) is 5.32 Å². The van der Waals surface area contributed by atoms with Crippen LogP contribution in [-0.2, 0) is 9.47 Å². The van der Waals surface area contributed by atoms with Crippen LogP contribution in [0.2, 0.25) is 0 Å². The van der Waals surface area contributed by atoms with Crippen LogP contribution >= 0.6 is 0 Å². The molecule has 0 spiro atoms. The molecule has 0 aliphatic rings. The minimum absolute atomic E-state index is 0.122. The van der Waals surface area contributed by atoms with Gasteiger partial charge in [0.2, 0.25) is 0 Å². The molecule has 1 aromatic rings. The van der Waals surface area contributed by atoms with E-state index in [0.29, 0.717) is 13.2 Å². The summed E-state index contributed by atoms with van der Waals surface area (Å²) in [4.78, 5) is 0. The number of rotatable bonds is 9. The van der Waals surface area contributed by atoms with Gasteiger partial charge < -0.3 is 14.8 Å². The first-order chi connectivity index (χ1) is 9.99. The van der Waals surface area contributed by atoms with Crippen LogP contribution in [0.25, 0.3) is 0 Å². The zero-order valence-electron chi connectivity index (χ0n) is 14.5. The summed E-state index contributed by atoms with van der Waals surface area (Å²) in [7, 11) is 0. The molecular weight excluding hydrogens is 262 g/mol. The monoisotopic (exact) mass is 293 g/mol. The van der Waals surface area contributed by atoms with Gasteiger partial charge in [0.05, 0.1) is 25.4 Å². The lowest BCUT2D eigenvalue weighted by Gasteiger charge is -2.24. The summed E-state index contributed by atoms with van der Waals surface area (Å²) in [6.07, 6.45) is 0.122. The van der Waals surface area contributed by atoms with Crippen molar-refractivity contribution in [3.63, 3.8) is 0 Å². The van der Waals surface area contributed by atoms with Crippen LogP contribution in [0.1, 0.15) is 49.1 Å². The largest absolute Gasteiger partial charge is 0.379 e. The van der Waals surface area contributed by atoms with Gasteiger partial charge in [-0.1, -0.05) is 24.6 Å². The van der Waals surface area contributed by atoms with Gasteiger partial charge in [0.15, 0.2) is 0 Å². The summed E-state index contributed by atoms with van der Waals surface area (Å²) in [5.74, 6) is 0. The van der Waals surface area contributed by atoms with Gasteiger partial charge in [0, 0.05) is 6.61 Å². The highest BCUT2D eigenvalue weighted by Crippen LogP contribution is 2.24. The highest BCUT2D eigenvalue weighted by Gasteiger charge is 2.17. The summed E-state index contributed by atoms with van der Waals surface area (Å²) in [6, 6.07) is 4.73.